The molecule has 1 aliphatic heterocycles. The normalized spacial score (nSPS) is 30.1. The van der Waals surface area contributed by atoms with Gasteiger partial charge in [0.2, 0.25) is 0 Å². The van der Waals surface area contributed by atoms with Crippen LogP contribution < -0.4 is 0 Å². The molecule has 0 aromatic heterocycles. The van der Waals surface area contributed by atoms with Crippen molar-refractivity contribution in [3.8, 4) is 0 Å². The lowest BCUT2D eigenvalue weighted by molar-refractivity contribution is 0.157. The van der Waals surface area contributed by atoms with Crippen LogP contribution in [0.2, 0.25) is 0 Å². The summed E-state index contributed by atoms with van der Waals surface area (Å²) in [7, 11) is 0. The van der Waals surface area contributed by atoms with Crippen LogP contribution in [0.25, 0.3) is 0 Å². The van der Waals surface area contributed by atoms with Crippen LogP contribution in [-0.2, 0) is 0 Å². The van der Waals surface area contributed by atoms with Crippen LogP contribution in [0.1, 0.15) is 73.6 Å². The monoisotopic (exact) mass is 301 g/mol. The van der Waals surface area contributed by atoms with Gasteiger partial charge in [0.15, 0.2) is 0 Å². The lowest BCUT2D eigenvalue weighted by Gasteiger charge is -2.48. The Balaban J connectivity index is 2.13. The Labute approximate surface area is 138 Å². The average Bonchev–Trinajstić information content (AvgIpc) is 2.48. The quantitative estimate of drug-likeness (QED) is 0.535. The van der Waals surface area contributed by atoms with E-state index in [1.165, 1.54) is 49.0 Å². The molecule has 3 atom stereocenters. The Kier molecular flexibility index (Phi) is 5.35. The molecule has 0 aromatic rings. The molecule has 1 aliphatic carbocycles. The zero-order chi connectivity index (χ0) is 16.5. The molecule has 0 saturated carbocycles. The fourth-order valence-electron chi connectivity index (χ4n) is 4.49. The van der Waals surface area contributed by atoms with Crippen molar-refractivity contribution >= 4 is 5.71 Å². The standard InChI is InChI=1S/C21H35N/c1-14(2)15(3)8-9-17(5)19-11-13-22-20-18(6)16(4)10-12-21(19,20)7/h14,17,19H,3,8-13H2,1-2,4-7H3/t17?,19-,21+/m0/s1. The zero-order valence-corrected chi connectivity index (χ0v) is 15.6. The van der Waals surface area contributed by atoms with Gasteiger partial charge in [-0.2, -0.15) is 0 Å². The fraction of sp³-hybridized carbons (Fsp3) is 0.762. The van der Waals surface area contributed by atoms with E-state index in [-0.39, 0.29) is 0 Å². The van der Waals surface area contributed by atoms with Crippen LogP contribution in [0.4, 0.5) is 0 Å². The van der Waals surface area contributed by atoms with Gasteiger partial charge in [0.05, 0.1) is 0 Å². The maximum Gasteiger partial charge on any atom is 0.0438 e. The third-order valence-corrected chi connectivity index (χ3v) is 6.51. The summed E-state index contributed by atoms with van der Waals surface area (Å²) in [5, 5.41) is 0. The Morgan fingerprint density at radius 1 is 1.32 bits per heavy atom. The fourth-order valence-corrected chi connectivity index (χ4v) is 4.49. The van der Waals surface area contributed by atoms with Gasteiger partial charge in [-0.05, 0) is 69.3 Å². The van der Waals surface area contributed by atoms with Gasteiger partial charge < -0.3 is 0 Å². The van der Waals surface area contributed by atoms with Crippen molar-refractivity contribution < 1.29 is 0 Å². The van der Waals surface area contributed by atoms with Crippen LogP contribution in [0.3, 0.4) is 0 Å². The van der Waals surface area contributed by atoms with E-state index in [1.807, 2.05) is 0 Å². The van der Waals surface area contributed by atoms with Crippen LogP contribution >= 0.6 is 0 Å². The van der Waals surface area contributed by atoms with Crippen molar-refractivity contribution in [3.63, 3.8) is 0 Å². The topological polar surface area (TPSA) is 12.4 Å². The second-order valence-corrected chi connectivity index (χ2v) is 8.28. The summed E-state index contributed by atoms with van der Waals surface area (Å²) in [5.74, 6) is 2.16. The van der Waals surface area contributed by atoms with Gasteiger partial charge in [-0.1, -0.05) is 45.4 Å². The average molecular weight is 302 g/mol. The number of rotatable bonds is 5. The summed E-state index contributed by atoms with van der Waals surface area (Å²) < 4.78 is 0. The van der Waals surface area contributed by atoms with Crippen molar-refractivity contribution in [3.05, 3.63) is 23.3 Å². The third kappa shape index (κ3) is 3.24. The molecule has 0 N–H and O–H groups in total. The minimum atomic E-state index is 0.306. The molecule has 0 fully saturated rings. The van der Waals surface area contributed by atoms with E-state index >= 15 is 0 Å². The molecule has 0 radical (unpaired) electrons. The third-order valence-electron chi connectivity index (χ3n) is 6.51. The molecule has 0 aromatic carbocycles. The maximum absolute atomic E-state index is 4.95. The lowest BCUT2D eigenvalue weighted by Crippen LogP contribution is -2.45. The first-order chi connectivity index (χ1) is 10.3. The van der Waals surface area contributed by atoms with Gasteiger partial charge >= 0.3 is 0 Å². The van der Waals surface area contributed by atoms with Crippen molar-refractivity contribution in [1.82, 2.24) is 0 Å². The highest BCUT2D eigenvalue weighted by Gasteiger charge is 2.45. The van der Waals surface area contributed by atoms with E-state index in [0.29, 0.717) is 11.3 Å². The number of nitrogens with zero attached hydrogens (tertiary/aromatic N) is 1. The molecule has 2 aliphatic rings. The second kappa shape index (κ2) is 6.72. The molecule has 1 heterocycles. The zero-order valence-electron chi connectivity index (χ0n) is 15.6. The number of fused-ring (bicyclic) bond motifs is 1. The first-order valence-corrected chi connectivity index (χ1v) is 9.16. The summed E-state index contributed by atoms with van der Waals surface area (Å²) in [4.78, 5) is 4.95. The van der Waals surface area contributed by atoms with E-state index < -0.39 is 0 Å². The minimum Gasteiger partial charge on any atom is -0.289 e. The molecule has 0 amide bonds. The van der Waals surface area contributed by atoms with E-state index in [1.54, 1.807) is 5.57 Å². The van der Waals surface area contributed by atoms with Gasteiger partial charge in [0.25, 0.3) is 0 Å². The van der Waals surface area contributed by atoms with Gasteiger partial charge in [-0.3, -0.25) is 4.99 Å². The molecule has 1 unspecified atom stereocenters. The predicted octanol–water partition coefficient (Wildman–Crippen LogP) is 6.21. The van der Waals surface area contributed by atoms with E-state index in [2.05, 4.69) is 48.1 Å². The Bertz CT molecular complexity index is 494. The minimum absolute atomic E-state index is 0.306. The molecule has 2 rings (SSSR count). The van der Waals surface area contributed by atoms with Crippen LogP contribution in [0, 0.1) is 23.2 Å². The molecule has 0 saturated heterocycles. The van der Waals surface area contributed by atoms with E-state index in [4.69, 9.17) is 4.99 Å². The predicted molar refractivity (Wildman–Crippen MR) is 98.5 cm³/mol. The summed E-state index contributed by atoms with van der Waals surface area (Å²) in [6, 6.07) is 0. The highest BCUT2D eigenvalue weighted by atomic mass is 14.8. The Hall–Kier alpha value is -0.850. The Morgan fingerprint density at radius 2 is 2.00 bits per heavy atom. The van der Waals surface area contributed by atoms with Crippen LogP contribution in [0.15, 0.2) is 28.3 Å². The highest BCUT2D eigenvalue weighted by molar-refractivity contribution is 6.05. The first kappa shape index (κ1) is 17.5. The van der Waals surface area contributed by atoms with Crippen molar-refractivity contribution in [2.75, 3.05) is 6.54 Å². The number of aliphatic imine (C=N–C) groups is 1. The molecule has 0 bridgehead atoms. The van der Waals surface area contributed by atoms with E-state index in [9.17, 15) is 0 Å². The van der Waals surface area contributed by atoms with Gasteiger partial charge in [-0.15, -0.1) is 0 Å². The summed E-state index contributed by atoms with van der Waals surface area (Å²) >= 11 is 0. The number of allylic oxidation sites excluding steroid dienone is 3. The van der Waals surface area contributed by atoms with Crippen molar-refractivity contribution in [2.24, 2.45) is 28.2 Å². The molecule has 1 nitrogen and oxygen atoms in total. The summed E-state index contributed by atoms with van der Waals surface area (Å²) in [6.07, 6.45) is 6.28. The maximum atomic E-state index is 4.95. The molecular formula is C21H35N. The molecule has 0 spiro atoms. The van der Waals surface area contributed by atoms with Crippen molar-refractivity contribution in [2.45, 2.75) is 73.6 Å². The highest BCUT2D eigenvalue weighted by Crippen LogP contribution is 2.49. The first-order valence-electron chi connectivity index (χ1n) is 9.16. The van der Waals surface area contributed by atoms with Gasteiger partial charge in [0.1, 0.15) is 0 Å². The number of hydrogen-bond donors (Lipinski definition) is 0. The largest absolute Gasteiger partial charge is 0.289 e. The lowest BCUT2D eigenvalue weighted by atomic mass is 9.58. The molecule has 22 heavy (non-hydrogen) atoms. The molecule has 124 valence electrons. The SMILES string of the molecule is C=C(CCC(C)[C@@H]1CCN=C2C(C)=C(C)CC[C@@]21C)C(C)C. The van der Waals surface area contributed by atoms with Crippen molar-refractivity contribution in [1.29, 1.82) is 0 Å². The summed E-state index contributed by atoms with van der Waals surface area (Å²) in [6.45, 7) is 19.3. The van der Waals surface area contributed by atoms with Crippen LogP contribution in [-0.4, -0.2) is 12.3 Å². The van der Waals surface area contributed by atoms with Crippen LogP contribution in [0.5, 0.6) is 0 Å². The van der Waals surface area contributed by atoms with Gasteiger partial charge in [0, 0.05) is 17.7 Å². The van der Waals surface area contributed by atoms with E-state index in [0.717, 1.165) is 18.4 Å². The number of hydrogen-bond acceptors (Lipinski definition) is 1. The molecule has 1 heteroatoms. The van der Waals surface area contributed by atoms with Gasteiger partial charge in [-0.25, -0.2) is 0 Å². The molecular weight excluding hydrogens is 266 g/mol. The second-order valence-electron chi connectivity index (χ2n) is 8.28. The Morgan fingerprint density at radius 3 is 2.64 bits per heavy atom. The summed E-state index contributed by atoms with van der Waals surface area (Å²) in [5.41, 5.74) is 6.19. The smallest absolute Gasteiger partial charge is 0.0438 e.